The van der Waals surface area contributed by atoms with Crippen LogP contribution in [0.5, 0.6) is 5.75 Å². The van der Waals surface area contributed by atoms with Crippen LogP contribution in [0.1, 0.15) is 6.92 Å². The molecule has 5 heteroatoms. The lowest BCUT2D eigenvalue weighted by molar-refractivity contribution is 0.0992. The second kappa shape index (κ2) is 7.76. The highest BCUT2D eigenvalue weighted by molar-refractivity contribution is 5.72. The molecule has 1 rings (SSSR count). The molecule has 0 heterocycles. The quantitative estimate of drug-likeness (QED) is 0.468. The van der Waals surface area contributed by atoms with Gasteiger partial charge in [-0.1, -0.05) is 6.07 Å². The number of aliphatic hydroxyl groups excluding tert-OH is 1. The molecule has 4 N–H and O–H groups in total. The van der Waals surface area contributed by atoms with Crippen molar-refractivity contribution in [1.29, 1.82) is 0 Å². The number of ether oxygens (including phenoxy) is 2. The Labute approximate surface area is 102 Å². The number of para-hydroxylation sites is 1. The minimum Gasteiger partial charge on any atom is -0.492 e. The van der Waals surface area contributed by atoms with E-state index in [1.807, 2.05) is 25.1 Å². The molecule has 0 fully saturated rings. The highest BCUT2D eigenvalue weighted by atomic mass is 16.5. The number of nitrogens with one attached hydrogen (secondary N) is 1. The Balaban J connectivity index is 2.44. The molecule has 0 aromatic heterocycles. The van der Waals surface area contributed by atoms with Gasteiger partial charge in [-0.15, -0.1) is 0 Å². The highest BCUT2D eigenvalue weighted by Gasteiger charge is 2.04. The molecule has 0 spiro atoms. The summed E-state index contributed by atoms with van der Waals surface area (Å²) in [5.41, 5.74) is 7.39. The van der Waals surface area contributed by atoms with Gasteiger partial charge in [-0.3, -0.25) is 0 Å². The standard InChI is InChI=1S/C12H20N2O3/c1-2-17-11-5-3-4-10(12(11)13)14-6-8-16-9-7-15/h3-5,14-15H,2,6-9,13H2,1H3. The summed E-state index contributed by atoms with van der Waals surface area (Å²) >= 11 is 0. The van der Waals surface area contributed by atoms with E-state index >= 15 is 0 Å². The lowest BCUT2D eigenvalue weighted by atomic mass is 10.2. The fraction of sp³-hybridized carbons (Fsp3) is 0.500. The SMILES string of the molecule is CCOc1cccc(NCCOCCO)c1N. The van der Waals surface area contributed by atoms with Gasteiger partial charge in [0.05, 0.1) is 37.8 Å². The molecule has 1 aromatic carbocycles. The smallest absolute Gasteiger partial charge is 0.144 e. The Morgan fingerprint density at radius 2 is 2.18 bits per heavy atom. The minimum atomic E-state index is 0.0436. The van der Waals surface area contributed by atoms with Crippen molar-refractivity contribution in [2.75, 3.05) is 44.0 Å². The monoisotopic (exact) mass is 240 g/mol. The number of hydrogen-bond donors (Lipinski definition) is 3. The second-order valence-corrected chi connectivity index (χ2v) is 3.41. The van der Waals surface area contributed by atoms with Crippen molar-refractivity contribution in [1.82, 2.24) is 0 Å². The zero-order chi connectivity index (χ0) is 12.5. The summed E-state index contributed by atoms with van der Waals surface area (Å²) in [5.74, 6) is 0.689. The van der Waals surface area contributed by atoms with Gasteiger partial charge in [-0.05, 0) is 19.1 Å². The number of hydrogen-bond acceptors (Lipinski definition) is 5. The third kappa shape index (κ3) is 4.50. The number of nitrogen functional groups attached to an aromatic ring is 1. The van der Waals surface area contributed by atoms with E-state index in [0.29, 0.717) is 37.8 Å². The molecule has 0 aliphatic heterocycles. The summed E-state index contributed by atoms with van der Waals surface area (Å²) in [5, 5.41) is 11.7. The third-order valence-corrected chi connectivity index (χ3v) is 2.16. The Morgan fingerprint density at radius 1 is 1.35 bits per heavy atom. The van der Waals surface area contributed by atoms with Crippen LogP contribution >= 0.6 is 0 Å². The number of benzene rings is 1. The molecule has 17 heavy (non-hydrogen) atoms. The van der Waals surface area contributed by atoms with Crippen LogP contribution in [0.25, 0.3) is 0 Å². The van der Waals surface area contributed by atoms with E-state index in [1.54, 1.807) is 0 Å². The van der Waals surface area contributed by atoms with Crippen molar-refractivity contribution in [3.63, 3.8) is 0 Å². The molecule has 0 radical (unpaired) electrons. The molecule has 0 bridgehead atoms. The van der Waals surface area contributed by atoms with E-state index in [2.05, 4.69) is 5.32 Å². The summed E-state index contributed by atoms with van der Waals surface area (Å²) in [4.78, 5) is 0. The predicted molar refractivity (Wildman–Crippen MR) is 68.4 cm³/mol. The first-order chi connectivity index (χ1) is 8.29. The van der Waals surface area contributed by atoms with Crippen molar-refractivity contribution in [2.45, 2.75) is 6.92 Å². The molecule has 0 atom stereocenters. The number of rotatable bonds is 8. The van der Waals surface area contributed by atoms with E-state index in [9.17, 15) is 0 Å². The first-order valence-corrected chi connectivity index (χ1v) is 5.73. The van der Waals surface area contributed by atoms with E-state index < -0.39 is 0 Å². The van der Waals surface area contributed by atoms with Crippen LogP contribution in [0, 0.1) is 0 Å². The molecule has 0 saturated heterocycles. The normalized spacial score (nSPS) is 10.2. The van der Waals surface area contributed by atoms with Gasteiger partial charge >= 0.3 is 0 Å². The Kier molecular flexibility index (Phi) is 6.21. The molecule has 0 amide bonds. The minimum absolute atomic E-state index is 0.0436. The van der Waals surface area contributed by atoms with Crippen molar-refractivity contribution in [3.05, 3.63) is 18.2 Å². The van der Waals surface area contributed by atoms with Crippen molar-refractivity contribution in [2.24, 2.45) is 0 Å². The summed E-state index contributed by atoms with van der Waals surface area (Å²) in [6.45, 7) is 4.08. The second-order valence-electron chi connectivity index (χ2n) is 3.41. The van der Waals surface area contributed by atoms with Gasteiger partial charge in [-0.25, -0.2) is 0 Å². The van der Waals surface area contributed by atoms with Crippen molar-refractivity contribution < 1.29 is 14.6 Å². The zero-order valence-corrected chi connectivity index (χ0v) is 10.1. The first-order valence-electron chi connectivity index (χ1n) is 5.73. The van der Waals surface area contributed by atoms with Crippen LogP contribution in [0.2, 0.25) is 0 Å². The maximum Gasteiger partial charge on any atom is 0.144 e. The highest BCUT2D eigenvalue weighted by Crippen LogP contribution is 2.28. The summed E-state index contributed by atoms with van der Waals surface area (Å²) < 4.78 is 10.5. The maximum atomic E-state index is 8.54. The summed E-state index contributed by atoms with van der Waals surface area (Å²) in [6.07, 6.45) is 0. The lowest BCUT2D eigenvalue weighted by Crippen LogP contribution is -2.12. The summed E-state index contributed by atoms with van der Waals surface area (Å²) in [7, 11) is 0. The van der Waals surface area contributed by atoms with Crippen molar-refractivity contribution in [3.8, 4) is 5.75 Å². The topological polar surface area (TPSA) is 76.7 Å². The molecular formula is C12H20N2O3. The fourth-order valence-electron chi connectivity index (χ4n) is 1.40. The molecule has 0 saturated carbocycles. The molecule has 0 aliphatic carbocycles. The maximum absolute atomic E-state index is 8.54. The van der Waals surface area contributed by atoms with Gasteiger partial charge in [0.2, 0.25) is 0 Å². The molecular weight excluding hydrogens is 220 g/mol. The van der Waals surface area contributed by atoms with Gasteiger partial charge in [0.25, 0.3) is 0 Å². The van der Waals surface area contributed by atoms with Crippen LogP contribution in [0.15, 0.2) is 18.2 Å². The van der Waals surface area contributed by atoms with E-state index in [1.165, 1.54) is 0 Å². The molecule has 1 aromatic rings. The van der Waals surface area contributed by atoms with E-state index in [0.717, 1.165) is 5.69 Å². The Hall–Kier alpha value is -1.46. The Bertz CT molecular complexity index is 332. The Morgan fingerprint density at radius 3 is 2.88 bits per heavy atom. The van der Waals surface area contributed by atoms with E-state index in [4.69, 9.17) is 20.3 Å². The van der Waals surface area contributed by atoms with Crippen LogP contribution in [0.3, 0.4) is 0 Å². The fourth-order valence-corrected chi connectivity index (χ4v) is 1.40. The molecule has 0 unspecified atom stereocenters. The third-order valence-electron chi connectivity index (χ3n) is 2.16. The summed E-state index contributed by atoms with van der Waals surface area (Å²) in [6, 6.07) is 5.62. The predicted octanol–water partition coefficient (Wildman–Crippen LogP) is 1.09. The largest absolute Gasteiger partial charge is 0.492 e. The number of aliphatic hydroxyl groups is 1. The van der Waals surface area contributed by atoms with Gasteiger partial charge in [-0.2, -0.15) is 0 Å². The van der Waals surface area contributed by atoms with E-state index in [-0.39, 0.29) is 6.61 Å². The first kappa shape index (κ1) is 13.6. The van der Waals surface area contributed by atoms with Crippen LogP contribution in [0.4, 0.5) is 11.4 Å². The van der Waals surface area contributed by atoms with Gasteiger partial charge < -0.3 is 25.6 Å². The van der Waals surface area contributed by atoms with Crippen LogP contribution in [-0.4, -0.2) is 38.1 Å². The average molecular weight is 240 g/mol. The van der Waals surface area contributed by atoms with Crippen molar-refractivity contribution >= 4 is 11.4 Å². The number of nitrogens with two attached hydrogens (primary N) is 1. The van der Waals surface area contributed by atoms with Crippen LogP contribution < -0.4 is 15.8 Å². The lowest BCUT2D eigenvalue weighted by Gasteiger charge is -2.13. The van der Waals surface area contributed by atoms with Gasteiger partial charge in [0.1, 0.15) is 5.75 Å². The number of anilines is 2. The molecule has 0 aliphatic rings. The molecule has 5 nitrogen and oxygen atoms in total. The van der Waals surface area contributed by atoms with Gasteiger partial charge in [0.15, 0.2) is 0 Å². The molecule has 96 valence electrons. The zero-order valence-electron chi connectivity index (χ0n) is 10.1. The van der Waals surface area contributed by atoms with Gasteiger partial charge in [0, 0.05) is 6.54 Å². The average Bonchev–Trinajstić information content (AvgIpc) is 2.33. The van der Waals surface area contributed by atoms with Crippen LogP contribution in [-0.2, 0) is 4.74 Å².